The lowest BCUT2D eigenvalue weighted by Crippen LogP contribution is -2.33. The maximum absolute atomic E-state index is 12.8. The first-order valence-corrected chi connectivity index (χ1v) is 10.6. The fourth-order valence-electron chi connectivity index (χ4n) is 3.62. The van der Waals surface area contributed by atoms with Crippen molar-refractivity contribution in [3.05, 3.63) is 71.3 Å². The molecule has 0 aromatic heterocycles. The van der Waals surface area contributed by atoms with E-state index in [4.69, 9.17) is 0 Å². The van der Waals surface area contributed by atoms with Crippen molar-refractivity contribution in [2.75, 3.05) is 11.9 Å². The van der Waals surface area contributed by atoms with Crippen LogP contribution in [-0.4, -0.2) is 27.0 Å². The Morgan fingerprint density at radius 2 is 1.60 bits per heavy atom. The number of sulfonamides is 1. The van der Waals surface area contributed by atoms with E-state index in [-0.39, 0.29) is 10.8 Å². The van der Waals surface area contributed by atoms with Gasteiger partial charge in [0.25, 0.3) is 5.91 Å². The number of nitrogens with one attached hydrogen (secondary N) is 2. The zero-order valence-corrected chi connectivity index (χ0v) is 16.4. The Morgan fingerprint density at radius 1 is 0.933 bits per heavy atom. The molecule has 0 bridgehead atoms. The highest BCUT2D eigenvalue weighted by Crippen LogP contribution is 2.33. The minimum absolute atomic E-state index is 0.324. The van der Waals surface area contributed by atoms with Crippen LogP contribution in [0.2, 0.25) is 0 Å². The molecule has 0 saturated heterocycles. The van der Waals surface area contributed by atoms with Crippen LogP contribution in [0.25, 0.3) is 10.8 Å². The molecule has 4 rings (SSSR count). The second kappa shape index (κ2) is 7.41. The molecule has 0 radical (unpaired) electrons. The minimum Gasteiger partial charge on any atom is -0.322 e. The highest BCUT2D eigenvalue weighted by molar-refractivity contribution is 7.89. The molecule has 1 aliphatic carbocycles. The van der Waals surface area contributed by atoms with Crippen LogP contribution < -0.4 is 10.0 Å². The fraction of sp³-hybridized carbons (Fsp3) is 0.190. The van der Waals surface area contributed by atoms with Crippen molar-refractivity contribution in [3.63, 3.8) is 0 Å². The van der Waals surface area contributed by atoms with E-state index >= 15 is 0 Å². The summed E-state index contributed by atoms with van der Waals surface area (Å²) in [6.07, 6.45) is -2.77. The van der Waals surface area contributed by atoms with Gasteiger partial charge in [-0.3, -0.25) is 4.79 Å². The van der Waals surface area contributed by atoms with Crippen molar-refractivity contribution in [1.29, 1.82) is 0 Å². The van der Waals surface area contributed by atoms with Gasteiger partial charge in [0, 0.05) is 11.3 Å². The Hall–Kier alpha value is -2.91. The lowest BCUT2D eigenvalue weighted by molar-refractivity contribution is -0.121. The zero-order valence-electron chi connectivity index (χ0n) is 15.6. The van der Waals surface area contributed by atoms with Crippen molar-refractivity contribution >= 4 is 32.4 Å². The highest BCUT2D eigenvalue weighted by Gasteiger charge is 2.30. The Kier molecular flexibility index (Phi) is 5.03. The highest BCUT2D eigenvalue weighted by atomic mass is 32.2. The van der Waals surface area contributed by atoms with Gasteiger partial charge in [-0.1, -0.05) is 24.3 Å². The van der Waals surface area contributed by atoms with Crippen molar-refractivity contribution in [1.82, 2.24) is 4.72 Å². The van der Waals surface area contributed by atoms with Crippen LogP contribution in [0.1, 0.15) is 21.5 Å². The molecule has 0 spiro atoms. The maximum Gasteiger partial charge on any atom is 0.402 e. The predicted molar refractivity (Wildman–Crippen MR) is 107 cm³/mol. The monoisotopic (exact) mass is 434 g/mol. The number of halogens is 3. The summed E-state index contributed by atoms with van der Waals surface area (Å²) >= 11 is 0. The first-order chi connectivity index (χ1) is 14.1. The van der Waals surface area contributed by atoms with Crippen LogP contribution in [0, 0.1) is 0 Å². The second-order valence-electron chi connectivity index (χ2n) is 7.03. The molecule has 0 fully saturated rings. The summed E-state index contributed by atoms with van der Waals surface area (Å²) in [5.74, 6) is -0.351. The number of amides is 1. The Bertz CT molecular complexity index is 1230. The van der Waals surface area contributed by atoms with E-state index in [1.807, 2.05) is 24.3 Å². The molecule has 1 aliphatic rings. The van der Waals surface area contributed by atoms with Crippen molar-refractivity contribution < 1.29 is 26.4 Å². The molecule has 30 heavy (non-hydrogen) atoms. The van der Waals surface area contributed by atoms with Gasteiger partial charge in [0.1, 0.15) is 6.54 Å². The lowest BCUT2D eigenvalue weighted by Gasteiger charge is -2.11. The van der Waals surface area contributed by atoms with Gasteiger partial charge in [0.15, 0.2) is 0 Å². The third kappa shape index (κ3) is 4.03. The molecule has 0 heterocycles. The molecule has 3 aromatic rings. The first-order valence-electron chi connectivity index (χ1n) is 9.15. The molecule has 2 N–H and O–H groups in total. The smallest absolute Gasteiger partial charge is 0.322 e. The van der Waals surface area contributed by atoms with Crippen LogP contribution in [0.4, 0.5) is 18.9 Å². The number of anilines is 1. The number of alkyl halides is 3. The van der Waals surface area contributed by atoms with E-state index in [1.165, 1.54) is 28.0 Å². The average molecular weight is 434 g/mol. The van der Waals surface area contributed by atoms with Gasteiger partial charge < -0.3 is 5.32 Å². The first kappa shape index (κ1) is 20.4. The van der Waals surface area contributed by atoms with Gasteiger partial charge in [0.05, 0.1) is 4.90 Å². The second-order valence-corrected chi connectivity index (χ2v) is 8.80. The van der Waals surface area contributed by atoms with E-state index < -0.39 is 22.7 Å². The van der Waals surface area contributed by atoms with Crippen LogP contribution in [-0.2, 0) is 22.9 Å². The number of rotatable bonds is 5. The van der Waals surface area contributed by atoms with Gasteiger partial charge in [-0.05, 0) is 65.1 Å². The van der Waals surface area contributed by atoms with Crippen LogP contribution in [0.15, 0.2) is 59.5 Å². The number of hydrogen-bond donors (Lipinski definition) is 2. The summed E-state index contributed by atoms with van der Waals surface area (Å²) in [6.45, 7) is -1.65. The molecular weight excluding hydrogens is 417 g/mol. The molecule has 5 nitrogen and oxygen atoms in total. The molecular formula is C21H17F3N2O3S. The van der Waals surface area contributed by atoms with Crippen molar-refractivity contribution in [3.8, 4) is 0 Å². The van der Waals surface area contributed by atoms with Gasteiger partial charge in [-0.25, -0.2) is 13.1 Å². The van der Waals surface area contributed by atoms with Crippen molar-refractivity contribution in [2.45, 2.75) is 23.9 Å². The molecule has 0 atom stereocenters. The molecule has 0 unspecified atom stereocenters. The number of carbonyl (C=O) groups is 1. The normalized spacial score (nSPS) is 13.6. The van der Waals surface area contributed by atoms with Gasteiger partial charge in [-0.2, -0.15) is 13.2 Å². The maximum atomic E-state index is 12.8. The summed E-state index contributed by atoms with van der Waals surface area (Å²) < 4.78 is 62.2. The molecule has 0 saturated carbocycles. The van der Waals surface area contributed by atoms with Gasteiger partial charge in [0.2, 0.25) is 10.0 Å². The van der Waals surface area contributed by atoms with E-state index in [0.717, 1.165) is 35.7 Å². The molecule has 9 heteroatoms. The topological polar surface area (TPSA) is 75.3 Å². The molecule has 1 amide bonds. The van der Waals surface area contributed by atoms with Gasteiger partial charge >= 0.3 is 6.18 Å². The molecule has 156 valence electrons. The number of hydrogen-bond acceptors (Lipinski definition) is 3. The van der Waals surface area contributed by atoms with Crippen LogP contribution in [0.3, 0.4) is 0 Å². The van der Waals surface area contributed by atoms with E-state index in [0.29, 0.717) is 11.3 Å². The summed E-state index contributed by atoms with van der Waals surface area (Å²) in [4.78, 5) is 12.5. The quantitative estimate of drug-likeness (QED) is 0.637. The van der Waals surface area contributed by atoms with Crippen LogP contribution in [0.5, 0.6) is 0 Å². The predicted octanol–water partition coefficient (Wildman–Crippen LogP) is 4.03. The van der Waals surface area contributed by atoms with Crippen molar-refractivity contribution in [2.24, 2.45) is 0 Å². The van der Waals surface area contributed by atoms with Gasteiger partial charge in [-0.15, -0.1) is 0 Å². The number of aryl methyl sites for hydroxylation is 2. The summed E-state index contributed by atoms with van der Waals surface area (Å²) in [5.41, 5.74) is 3.25. The number of benzene rings is 3. The molecule has 0 aliphatic heterocycles. The Labute approximate surface area is 171 Å². The van der Waals surface area contributed by atoms with E-state index in [2.05, 4.69) is 5.32 Å². The Morgan fingerprint density at radius 3 is 2.27 bits per heavy atom. The minimum atomic E-state index is -4.65. The molecule has 3 aromatic carbocycles. The van der Waals surface area contributed by atoms with E-state index in [9.17, 15) is 26.4 Å². The average Bonchev–Trinajstić information content (AvgIpc) is 3.12. The standard InChI is InChI=1S/C21H17F3N2O3S/c22-21(23,24)12-25-30(28,29)16-9-7-15(8-10-16)26-20(27)18-11-6-14-5-4-13-2-1-3-17(18)19(13)14/h1-3,6-11,25H,4-5,12H2,(H,26,27). The van der Waals surface area contributed by atoms with Crippen LogP contribution >= 0.6 is 0 Å². The lowest BCUT2D eigenvalue weighted by atomic mass is 9.99. The summed E-state index contributed by atoms with van der Waals surface area (Å²) in [7, 11) is -4.30. The Balaban J connectivity index is 1.53. The fourth-order valence-corrected chi connectivity index (χ4v) is 4.64. The SMILES string of the molecule is O=C(Nc1ccc(S(=O)(=O)NCC(F)(F)F)cc1)c1ccc2c3c(cccc13)CC2. The number of carbonyl (C=O) groups excluding carboxylic acids is 1. The largest absolute Gasteiger partial charge is 0.402 e. The summed E-state index contributed by atoms with van der Waals surface area (Å²) in [5, 5.41) is 4.67. The summed E-state index contributed by atoms with van der Waals surface area (Å²) in [6, 6.07) is 14.5. The zero-order chi connectivity index (χ0) is 21.5. The third-order valence-corrected chi connectivity index (χ3v) is 6.42. The third-order valence-electron chi connectivity index (χ3n) is 5.01. The van der Waals surface area contributed by atoms with E-state index in [1.54, 1.807) is 6.07 Å².